The Hall–Kier alpha value is -4.19. The summed E-state index contributed by atoms with van der Waals surface area (Å²) < 4.78 is 5.08. The van der Waals surface area contributed by atoms with Gasteiger partial charge in [0.2, 0.25) is 5.96 Å². The van der Waals surface area contributed by atoms with Crippen molar-refractivity contribution in [3.8, 4) is 0 Å². The summed E-state index contributed by atoms with van der Waals surface area (Å²) in [4.78, 5) is 5.28. The largest absolute Gasteiger partial charge is 0.336 e. The van der Waals surface area contributed by atoms with Gasteiger partial charge in [-0.05, 0) is 47.7 Å². The van der Waals surface area contributed by atoms with E-state index in [-0.39, 0.29) is 12.3 Å². The number of aliphatic imine (C=N–C) groups is 1. The molecule has 1 aliphatic heterocycles. The van der Waals surface area contributed by atoms with Gasteiger partial charge in [0, 0.05) is 25.6 Å². The first kappa shape index (κ1) is 21.9. The summed E-state index contributed by atoms with van der Waals surface area (Å²) in [6, 6.07) is 34.5. The minimum atomic E-state index is -0.161. The average molecular weight is 511 g/mol. The fraction of sp³-hybridized carbons (Fsp3) is 0.121. The molecule has 4 aromatic carbocycles. The van der Waals surface area contributed by atoms with Crippen LogP contribution in [0.1, 0.15) is 41.1 Å². The van der Waals surface area contributed by atoms with Gasteiger partial charge in [-0.2, -0.15) is 0 Å². The van der Waals surface area contributed by atoms with E-state index in [9.17, 15) is 0 Å². The van der Waals surface area contributed by atoms with Crippen LogP contribution in [0.15, 0.2) is 108 Å². The SMILES string of the molecule is C1=Cc2c(c3c4sc5ccccc5c4ccc3n2C2=NC(c3ccccc3)NC(c3ccccc3)N2)CC1. The van der Waals surface area contributed by atoms with Crippen LogP contribution in [0.25, 0.3) is 37.2 Å². The molecule has 2 aromatic heterocycles. The van der Waals surface area contributed by atoms with Crippen LogP contribution in [0.3, 0.4) is 0 Å². The van der Waals surface area contributed by atoms with E-state index in [4.69, 9.17) is 4.99 Å². The van der Waals surface area contributed by atoms with Crippen molar-refractivity contribution in [1.82, 2.24) is 15.2 Å². The van der Waals surface area contributed by atoms with Crippen molar-refractivity contribution in [2.75, 3.05) is 0 Å². The predicted molar refractivity (Wildman–Crippen MR) is 160 cm³/mol. The first-order chi connectivity index (χ1) is 18.8. The van der Waals surface area contributed by atoms with Gasteiger partial charge in [0.05, 0.1) is 11.2 Å². The summed E-state index contributed by atoms with van der Waals surface area (Å²) in [5.74, 6) is 0.879. The van der Waals surface area contributed by atoms with Crippen molar-refractivity contribution in [3.05, 3.63) is 126 Å². The minimum Gasteiger partial charge on any atom is -0.336 e. The van der Waals surface area contributed by atoms with Gasteiger partial charge in [0.15, 0.2) is 0 Å². The Morgan fingerprint density at radius 1 is 0.789 bits per heavy atom. The second-order valence-electron chi connectivity index (χ2n) is 10.00. The Kier molecular flexibility index (Phi) is 5.00. The van der Waals surface area contributed by atoms with Crippen molar-refractivity contribution < 1.29 is 0 Å². The molecule has 38 heavy (non-hydrogen) atoms. The van der Waals surface area contributed by atoms with Crippen molar-refractivity contribution >= 4 is 54.4 Å². The normalized spacial score (nSPS) is 19.0. The Bertz CT molecular complexity index is 1880. The highest BCUT2D eigenvalue weighted by molar-refractivity contribution is 7.26. The molecule has 0 saturated heterocycles. The van der Waals surface area contributed by atoms with Crippen molar-refractivity contribution in [2.45, 2.75) is 25.2 Å². The number of benzene rings is 4. The number of fused-ring (bicyclic) bond motifs is 7. The zero-order valence-electron chi connectivity index (χ0n) is 20.8. The molecule has 5 heteroatoms. The summed E-state index contributed by atoms with van der Waals surface area (Å²) in [6.07, 6.45) is 6.46. The van der Waals surface area contributed by atoms with Gasteiger partial charge in [0.25, 0.3) is 0 Å². The van der Waals surface area contributed by atoms with Crippen molar-refractivity contribution in [3.63, 3.8) is 0 Å². The number of rotatable bonds is 2. The van der Waals surface area contributed by atoms with E-state index in [0.717, 1.165) is 24.4 Å². The molecule has 3 heterocycles. The molecule has 2 aliphatic rings. The number of hydrogen-bond acceptors (Lipinski definition) is 4. The standard InChI is InChI=1S/C33H26N4S/c1-3-11-21(12-4-1)31-34-32(22-13-5-2-6-14-22)36-33(35-31)37-26-17-9-7-16-25(26)29-27(37)20-19-24-23-15-8-10-18-28(23)38-30(24)29/h1-6,8-15,17-20,31-32,34H,7,16H2,(H,35,36). The maximum atomic E-state index is 5.28. The number of aryl methyl sites for hydroxylation is 1. The smallest absolute Gasteiger partial charge is 0.206 e. The summed E-state index contributed by atoms with van der Waals surface area (Å²) in [6.45, 7) is 0. The molecule has 1 aliphatic carbocycles. The quantitative estimate of drug-likeness (QED) is 0.250. The van der Waals surface area contributed by atoms with Crippen LogP contribution in [-0.4, -0.2) is 10.5 Å². The topological polar surface area (TPSA) is 41.4 Å². The molecule has 2 atom stereocenters. The molecule has 2 unspecified atom stereocenters. The summed E-state index contributed by atoms with van der Waals surface area (Å²) in [7, 11) is 0. The lowest BCUT2D eigenvalue weighted by Gasteiger charge is -2.33. The van der Waals surface area contributed by atoms with E-state index in [1.54, 1.807) is 0 Å². The molecular formula is C33H26N4S. The van der Waals surface area contributed by atoms with E-state index < -0.39 is 0 Å². The second-order valence-corrected chi connectivity index (χ2v) is 11.0. The lowest BCUT2D eigenvalue weighted by molar-refractivity contribution is 0.402. The van der Waals surface area contributed by atoms with Crippen LogP contribution in [0, 0.1) is 0 Å². The predicted octanol–water partition coefficient (Wildman–Crippen LogP) is 7.76. The van der Waals surface area contributed by atoms with Gasteiger partial charge in [0.1, 0.15) is 12.3 Å². The van der Waals surface area contributed by atoms with Crippen LogP contribution in [0.2, 0.25) is 0 Å². The van der Waals surface area contributed by atoms with Gasteiger partial charge in [-0.15, -0.1) is 11.3 Å². The summed E-state index contributed by atoms with van der Waals surface area (Å²) >= 11 is 1.91. The molecule has 8 rings (SSSR count). The first-order valence-electron chi connectivity index (χ1n) is 13.2. The fourth-order valence-corrected chi connectivity index (χ4v) is 7.28. The third-order valence-electron chi connectivity index (χ3n) is 7.76. The molecule has 0 radical (unpaired) electrons. The van der Waals surface area contributed by atoms with E-state index in [2.05, 4.69) is 124 Å². The number of allylic oxidation sites excluding steroid dienone is 1. The van der Waals surface area contributed by atoms with E-state index >= 15 is 0 Å². The lowest BCUT2D eigenvalue weighted by atomic mass is 10.00. The Morgan fingerprint density at radius 2 is 1.55 bits per heavy atom. The highest BCUT2D eigenvalue weighted by Gasteiger charge is 2.29. The molecule has 6 aromatic rings. The molecule has 0 bridgehead atoms. The number of thiophene rings is 1. The molecule has 0 spiro atoms. The maximum absolute atomic E-state index is 5.28. The van der Waals surface area contributed by atoms with Gasteiger partial charge in [-0.1, -0.05) is 91.0 Å². The zero-order valence-corrected chi connectivity index (χ0v) is 21.6. The Balaban J connectivity index is 1.38. The lowest BCUT2D eigenvalue weighted by Crippen LogP contribution is -2.47. The number of hydrogen-bond donors (Lipinski definition) is 2. The first-order valence-corrected chi connectivity index (χ1v) is 14.0. The number of nitrogens with one attached hydrogen (secondary N) is 2. The van der Waals surface area contributed by atoms with Gasteiger partial charge in [-0.25, -0.2) is 4.99 Å². The highest BCUT2D eigenvalue weighted by atomic mass is 32.1. The summed E-state index contributed by atoms with van der Waals surface area (Å²) in [5, 5.41) is 11.5. The molecular weight excluding hydrogens is 484 g/mol. The monoisotopic (exact) mass is 510 g/mol. The third kappa shape index (κ3) is 3.36. The van der Waals surface area contributed by atoms with Gasteiger partial charge in [-0.3, -0.25) is 9.88 Å². The zero-order chi connectivity index (χ0) is 25.1. The van der Waals surface area contributed by atoms with E-state index in [0.29, 0.717) is 0 Å². The number of aromatic nitrogens is 1. The van der Waals surface area contributed by atoms with Crippen LogP contribution in [0.5, 0.6) is 0 Å². The van der Waals surface area contributed by atoms with E-state index in [1.807, 2.05) is 11.3 Å². The molecule has 0 fully saturated rings. The van der Waals surface area contributed by atoms with E-state index in [1.165, 1.54) is 47.9 Å². The second kappa shape index (κ2) is 8.69. The highest BCUT2D eigenvalue weighted by Crippen LogP contribution is 2.43. The Labute approximate surface area is 224 Å². The van der Waals surface area contributed by atoms with Gasteiger partial charge >= 0.3 is 0 Å². The average Bonchev–Trinajstić information content (AvgIpc) is 3.53. The van der Waals surface area contributed by atoms with Crippen LogP contribution in [0.4, 0.5) is 0 Å². The molecule has 2 N–H and O–H groups in total. The number of nitrogens with zero attached hydrogens (tertiary/aromatic N) is 2. The van der Waals surface area contributed by atoms with Crippen molar-refractivity contribution in [2.24, 2.45) is 4.99 Å². The van der Waals surface area contributed by atoms with Crippen LogP contribution in [-0.2, 0) is 6.42 Å². The minimum absolute atomic E-state index is 0.0670. The molecule has 0 saturated carbocycles. The van der Waals surface area contributed by atoms with Crippen LogP contribution >= 0.6 is 11.3 Å². The van der Waals surface area contributed by atoms with Gasteiger partial charge < -0.3 is 5.32 Å². The third-order valence-corrected chi connectivity index (χ3v) is 8.97. The van der Waals surface area contributed by atoms with Crippen molar-refractivity contribution in [1.29, 1.82) is 0 Å². The van der Waals surface area contributed by atoms with Crippen LogP contribution < -0.4 is 10.6 Å². The Morgan fingerprint density at radius 3 is 2.39 bits per heavy atom. The summed E-state index contributed by atoms with van der Waals surface area (Å²) in [5.41, 5.74) is 6.22. The molecule has 0 amide bonds. The fourth-order valence-electron chi connectivity index (χ4n) is 6.01. The molecule has 184 valence electrons. The molecule has 4 nitrogen and oxygen atoms in total. The maximum Gasteiger partial charge on any atom is 0.206 e.